The number of halogens is 1. The molecule has 0 radical (unpaired) electrons. The van der Waals surface area contributed by atoms with E-state index in [9.17, 15) is 4.21 Å². The van der Waals surface area contributed by atoms with Gasteiger partial charge in [0.05, 0.1) is 22.4 Å². The summed E-state index contributed by atoms with van der Waals surface area (Å²) in [6.45, 7) is 5.52. The molecule has 0 aliphatic heterocycles. The Morgan fingerprint density at radius 1 is 1.47 bits per heavy atom. The number of nitrogens with zero attached hydrogens (tertiary/aromatic N) is 1. The Morgan fingerprint density at radius 2 is 2.07 bits per heavy atom. The summed E-state index contributed by atoms with van der Waals surface area (Å²) >= 11 is 5.96. The molecule has 0 bridgehead atoms. The average molecular weight is 242 g/mol. The van der Waals surface area contributed by atoms with E-state index in [1.54, 1.807) is 19.1 Å². The van der Waals surface area contributed by atoms with E-state index in [2.05, 4.69) is 6.07 Å². The Morgan fingerprint density at radius 3 is 2.53 bits per heavy atom. The van der Waals surface area contributed by atoms with Crippen molar-refractivity contribution in [3.8, 4) is 6.07 Å². The molecule has 1 atom stereocenters. The van der Waals surface area contributed by atoms with Gasteiger partial charge in [0, 0.05) is 15.2 Å². The lowest BCUT2D eigenvalue weighted by Gasteiger charge is -2.08. The van der Waals surface area contributed by atoms with Gasteiger partial charge in [-0.15, -0.1) is 0 Å². The highest BCUT2D eigenvalue weighted by Gasteiger charge is 2.12. The number of nitriles is 1. The van der Waals surface area contributed by atoms with Gasteiger partial charge in [0.25, 0.3) is 0 Å². The highest BCUT2D eigenvalue weighted by molar-refractivity contribution is 7.85. The van der Waals surface area contributed by atoms with Gasteiger partial charge in [0.1, 0.15) is 0 Å². The summed E-state index contributed by atoms with van der Waals surface area (Å²) in [6, 6.07) is 5.38. The van der Waals surface area contributed by atoms with Gasteiger partial charge in [-0.1, -0.05) is 25.4 Å². The molecule has 15 heavy (non-hydrogen) atoms. The fourth-order valence-electron chi connectivity index (χ4n) is 1.16. The van der Waals surface area contributed by atoms with Crippen molar-refractivity contribution in [3.05, 3.63) is 28.3 Å². The molecule has 0 aliphatic carbocycles. The van der Waals surface area contributed by atoms with E-state index in [4.69, 9.17) is 16.9 Å². The molecule has 0 amide bonds. The largest absolute Gasteiger partial charge is 0.254 e. The minimum Gasteiger partial charge on any atom is -0.254 e. The van der Waals surface area contributed by atoms with Crippen molar-refractivity contribution in [3.63, 3.8) is 0 Å². The van der Waals surface area contributed by atoms with Crippen LogP contribution in [0.15, 0.2) is 17.0 Å². The SMILES string of the molecule is Cc1c(Cl)cc(S(=O)C(C)C)cc1C#N. The molecule has 1 aromatic rings. The molecular formula is C11H12ClNOS. The van der Waals surface area contributed by atoms with Gasteiger partial charge in [0.2, 0.25) is 0 Å². The summed E-state index contributed by atoms with van der Waals surface area (Å²) in [5.41, 5.74) is 1.23. The summed E-state index contributed by atoms with van der Waals surface area (Å²) in [5.74, 6) is 0. The lowest BCUT2D eigenvalue weighted by molar-refractivity contribution is 0.676. The van der Waals surface area contributed by atoms with Crippen LogP contribution in [0.3, 0.4) is 0 Å². The van der Waals surface area contributed by atoms with Crippen LogP contribution in [0.2, 0.25) is 5.02 Å². The molecule has 0 spiro atoms. The van der Waals surface area contributed by atoms with Crippen molar-refractivity contribution in [1.82, 2.24) is 0 Å². The Hall–Kier alpha value is -0.850. The molecule has 1 rings (SSSR count). The molecule has 0 heterocycles. The van der Waals surface area contributed by atoms with E-state index >= 15 is 0 Å². The van der Waals surface area contributed by atoms with Gasteiger partial charge < -0.3 is 0 Å². The topological polar surface area (TPSA) is 40.9 Å². The third kappa shape index (κ3) is 2.58. The second-order valence-electron chi connectivity index (χ2n) is 3.54. The maximum absolute atomic E-state index is 11.8. The fourth-order valence-corrected chi connectivity index (χ4v) is 2.45. The first-order chi connectivity index (χ1) is 6.97. The monoisotopic (exact) mass is 241 g/mol. The van der Waals surface area contributed by atoms with Crippen LogP contribution in [0.4, 0.5) is 0 Å². The number of hydrogen-bond acceptors (Lipinski definition) is 2. The van der Waals surface area contributed by atoms with E-state index < -0.39 is 10.8 Å². The molecule has 1 aromatic carbocycles. The molecule has 0 saturated carbocycles. The first-order valence-corrected chi connectivity index (χ1v) is 6.17. The summed E-state index contributed by atoms with van der Waals surface area (Å²) in [6.07, 6.45) is 0. The molecule has 0 saturated heterocycles. The summed E-state index contributed by atoms with van der Waals surface area (Å²) in [5, 5.41) is 9.40. The van der Waals surface area contributed by atoms with Gasteiger partial charge in [-0.25, -0.2) is 0 Å². The summed E-state index contributed by atoms with van der Waals surface area (Å²) in [4.78, 5) is 0.622. The van der Waals surface area contributed by atoms with Gasteiger partial charge in [-0.05, 0) is 24.6 Å². The molecule has 4 heteroatoms. The molecule has 0 aromatic heterocycles. The average Bonchev–Trinajstić information content (AvgIpc) is 2.20. The predicted octanol–water partition coefficient (Wildman–Crippen LogP) is 3.04. The van der Waals surface area contributed by atoms with Crippen LogP contribution in [-0.2, 0) is 10.8 Å². The molecule has 2 nitrogen and oxygen atoms in total. The third-order valence-electron chi connectivity index (χ3n) is 2.10. The van der Waals surface area contributed by atoms with E-state index in [1.807, 2.05) is 13.8 Å². The van der Waals surface area contributed by atoms with Crippen LogP contribution >= 0.6 is 11.6 Å². The van der Waals surface area contributed by atoms with Crippen LogP contribution in [-0.4, -0.2) is 9.46 Å². The van der Waals surface area contributed by atoms with Crippen molar-refractivity contribution < 1.29 is 4.21 Å². The van der Waals surface area contributed by atoms with Crippen LogP contribution in [0.5, 0.6) is 0 Å². The Balaban J connectivity index is 3.30. The fraction of sp³-hybridized carbons (Fsp3) is 0.364. The minimum absolute atomic E-state index is 0.0234. The first-order valence-electron chi connectivity index (χ1n) is 4.58. The van der Waals surface area contributed by atoms with Crippen molar-refractivity contribution in [2.75, 3.05) is 0 Å². The highest BCUT2D eigenvalue weighted by Crippen LogP contribution is 2.24. The van der Waals surface area contributed by atoms with Crippen LogP contribution in [0.1, 0.15) is 25.0 Å². The number of hydrogen-bond donors (Lipinski definition) is 0. The van der Waals surface area contributed by atoms with E-state index in [0.29, 0.717) is 15.5 Å². The van der Waals surface area contributed by atoms with Gasteiger partial charge in [0.15, 0.2) is 0 Å². The zero-order valence-electron chi connectivity index (χ0n) is 8.87. The van der Waals surface area contributed by atoms with Crippen molar-refractivity contribution in [2.24, 2.45) is 0 Å². The van der Waals surface area contributed by atoms with Crippen LogP contribution < -0.4 is 0 Å². The second-order valence-corrected chi connectivity index (χ2v) is 5.95. The highest BCUT2D eigenvalue weighted by atomic mass is 35.5. The number of benzene rings is 1. The lowest BCUT2D eigenvalue weighted by atomic mass is 10.1. The molecule has 0 aliphatic rings. The van der Waals surface area contributed by atoms with Gasteiger partial charge >= 0.3 is 0 Å². The van der Waals surface area contributed by atoms with Crippen LogP contribution in [0, 0.1) is 18.3 Å². The quantitative estimate of drug-likeness (QED) is 0.799. The van der Waals surface area contributed by atoms with E-state index in [0.717, 1.165) is 5.56 Å². The van der Waals surface area contributed by atoms with Crippen molar-refractivity contribution >= 4 is 22.4 Å². The smallest absolute Gasteiger partial charge is 0.0995 e. The van der Waals surface area contributed by atoms with Gasteiger partial charge in [-0.2, -0.15) is 5.26 Å². The first kappa shape index (κ1) is 12.2. The zero-order chi connectivity index (χ0) is 11.6. The van der Waals surface area contributed by atoms with Gasteiger partial charge in [-0.3, -0.25) is 4.21 Å². The molecule has 80 valence electrons. The lowest BCUT2D eigenvalue weighted by Crippen LogP contribution is -2.06. The molecule has 0 fully saturated rings. The van der Waals surface area contributed by atoms with Crippen LogP contribution in [0.25, 0.3) is 0 Å². The Bertz CT molecular complexity index is 449. The van der Waals surface area contributed by atoms with Crippen molar-refractivity contribution in [2.45, 2.75) is 30.9 Å². The Labute approximate surface area is 97.3 Å². The molecule has 1 unspecified atom stereocenters. The standard InChI is InChI=1S/C11H12ClNOS/c1-7(2)15(14)10-4-9(6-13)8(3)11(12)5-10/h4-5,7H,1-3H3. The van der Waals surface area contributed by atoms with E-state index in [1.165, 1.54) is 0 Å². The maximum Gasteiger partial charge on any atom is 0.0995 e. The normalized spacial score (nSPS) is 12.5. The minimum atomic E-state index is -1.10. The predicted molar refractivity (Wildman–Crippen MR) is 62.4 cm³/mol. The van der Waals surface area contributed by atoms with Crippen molar-refractivity contribution in [1.29, 1.82) is 5.26 Å². The molecular weight excluding hydrogens is 230 g/mol. The summed E-state index contributed by atoms with van der Waals surface area (Å²) < 4.78 is 11.8. The number of rotatable bonds is 2. The Kier molecular flexibility index (Phi) is 3.90. The third-order valence-corrected chi connectivity index (χ3v) is 4.05. The van der Waals surface area contributed by atoms with E-state index in [-0.39, 0.29) is 5.25 Å². The summed E-state index contributed by atoms with van der Waals surface area (Å²) in [7, 11) is -1.10. The molecule has 0 N–H and O–H groups in total. The maximum atomic E-state index is 11.8. The zero-order valence-corrected chi connectivity index (χ0v) is 10.4. The second kappa shape index (κ2) is 4.78.